The van der Waals surface area contributed by atoms with Crippen LogP contribution in [0.5, 0.6) is 0 Å². The Hall–Kier alpha value is -5.86. The van der Waals surface area contributed by atoms with Gasteiger partial charge in [-0.15, -0.1) is 0 Å². The number of hydrogen-bond donors (Lipinski definition) is 0. The number of benzene rings is 7. The lowest BCUT2D eigenvalue weighted by Gasteiger charge is -2.42. The minimum atomic E-state index is -0.524. The molecule has 0 saturated heterocycles. The van der Waals surface area contributed by atoms with Crippen molar-refractivity contribution in [3.05, 3.63) is 186 Å². The van der Waals surface area contributed by atoms with Gasteiger partial charge in [0.25, 0.3) is 0 Å². The van der Waals surface area contributed by atoms with Gasteiger partial charge in [-0.25, -0.2) is 0 Å². The molecule has 0 saturated carbocycles. The lowest BCUT2D eigenvalue weighted by atomic mass is 9.63. The third kappa shape index (κ3) is 3.23. The lowest BCUT2D eigenvalue weighted by molar-refractivity contribution is 0.669. The molecule has 1 aliphatic heterocycles. The van der Waals surface area contributed by atoms with Crippen molar-refractivity contribution in [3.63, 3.8) is 0 Å². The van der Waals surface area contributed by atoms with Crippen LogP contribution in [0.1, 0.15) is 22.3 Å². The van der Waals surface area contributed by atoms with Crippen LogP contribution < -0.4 is 0 Å². The molecule has 1 aliphatic rings. The average Bonchev–Trinajstić information content (AvgIpc) is 3.66. The fourth-order valence-corrected chi connectivity index (χ4v) is 8.02. The highest BCUT2D eigenvalue weighted by atomic mass is 16.3. The normalized spacial score (nSPS) is 15.6. The molecule has 45 heavy (non-hydrogen) atoms. The number of furan rings is 1. The van der Waals surface area contributed by atoms with E-state index >= 15 is 0 Å². The molecule has 3 heterocycles. The van der Waals surface area contributed by atoms with Gasteiger partial charge in [-0.05, 0) is 69.8 Å². The topological polar surface area (TPSA) is 18.1 Å². The molecule has 0 aliphatic carbocycles. The van der Waals surface area contributed by atoms with Gasteiger partial charge in [0, 0.05) is 21.5 Å². The van der Waals surface area contributed by atoms with Gasteiger partial charge in [0.05, 0.1) is 22.1 Å². The molecule has 0 amide bonds. The Balaban J connectivity index is 1.31. The van der Waals surface area contributed by atoms with Crippen LogP contribution in [0.15, 0.2) is 168 Å². The van der Waals surface area contributed by atoms with Crippen molar-refractivity contribution in [2.75, 3.05) is 0 Å². The maximum absolute atomic E-state index is 6.16. The smallest absolute Gasteiger partial charge is 0.135 e. The number of hydrogen-bond acceptors (Lipinski definition) is 1. The van der Waals surface area contributed by atoms with E-state index in [0.717, 1.165) is 21.9 Å². The van der Waals surface area contributed by atoms with Crippen molar-refractivity contribution in [3.8, 4) is 16.8 Å². The SMILES string of the molecule is c1ccc(C2(c3cccc(-c4ccc5oc6ccccc6c5c4)c3)c3ccccc3-n3c4ccccc4c4cccc2c43)cc1. The summed E-state index contributed by atoms with van der Waals surface area (Å²) >= 11 is 0. The largest absolute Gasteiger partial charge is 0.456 e. The predicted molar refractivity (Wildman–Crippen MR) is 185 cm³/mol. The molecule has 2 nitrogen and oxygen atoms in total. The standard InChI is InChI=1S/C43H27NO/c1-2-13-30(14-3-1)43(31-15-10-12-28(26-31)29-24-25-41-35(27-29)33-17-5-9-23-40(33)45-41)36-19-6-8-22-39(36)44-38-21-7-4-16-32(38)34-18-11-20-37(43)42(34)44/h1-27H. The second-order valence-corrected chi connectivity index (χ2v) is 12.1. The number of rotatable bonds is 3. The van der Waals surface area contributed by atoms with E-state index in [1.54, 1.807) is 0 Å². The molecule has 10 rings (SSSR count). The van der Waals surface area contributed by atoms with Gasteiger partial charge < -0.3 is 8.98 Å². The van der Waals surface area contributed by atoms with Crippen molar-refractivity contribution < 1.29 is 4.42 Å². The average molecular weight is 574 g/mol. The summed E-state index contributed by atoms with van der Waals surface area (Å²) in [7, 11) is 0. The Morgan fingerprint density at radius 3 is 2.02 bits per heavy atom. The van der Waals surface area contributed by atoms with Crippen LogP contribution in [0.3, 0.4) is 0 Å². The van der Waals surface area contributed by atoms with E-state index in [2.05, 4.69) is 156 Å². The molecule has 0 N–H and O–H groups in total. The third-order valence-electron chi connectivity index (χ3n) is 9.86. The van der Waals surface area contributed by atoms with E-state index in [9.17, 15) is 0 Å². The monoisotopic (exact) mass is 573 g/mol. The fourth-order valence-electron chi connectivity index (χ4n) is 8.02. The summed E-state index contributed by atoms with van der Waals surface area (Å²) in [5.41, 5.74) is 12.5. The quantitative estimate of drug-likeness (QED) is 0.206. The lowest BCUT2D eigenvalue weighted by Crippen LogP contribution is -2.35. The summed E-state index contributed by atoms with van der Waals surface area (Å²) in [6.45, 7) is 0. The first kappa shape index (κ1) is 24.6. The minimum Gasteiger partial charge on any atom is -0.456 e. The second-order valence-electron chi connectivity index (χ2n) is 12.1. The van der Waals surface area contributed by atoms with E-state index in [4.69, 9.17) is 4.42 Å². The van der Waals surface area contributed by atoms with E-state index in [-0.39, 0.29) is 0 Å². The Labute approximate surface area is 260 Å². The summed E-state index contributed by atoms with van der Waals surface area (Å²) in [6, 6.07) is 59.7. The highest BCUT2D eigenvalue weighted by Gasteiger charge is 2.45. The Kier molecular flexibility index (Phi) is 4.95. The molecule has 0 spiro atoms. The zero-order valence-corrected chi connectivity index (χ0v) is 24.4. The molecule has 1 atom stereocenters. The van der Waals surface area contributed by atoms with Gasteiger partial charge >= 0.3 is 0 Å². The van der Waals surface area contributed by atoms with Crippen LogP contribution in [0.4, 0.5) is 0 Å². The third-order valence-corrected chi connectivity index (χ3v) is 9.86. The first-order valence-electron chi connectivity index (χ1n) is 15.5. The molecule has 9 aromatic rings. The molecule has 1 unspecified atom stereocenters. The van der Waals surface area contributed by atoms with Gasteiger partial charge in [0.15, 0.2) is 0 Å². The van der Waals surface area contributed by atoms with E-state index in [1.807, 2.05) is 12.1 Å². The van der Waals surface area contributed by atoms with Crippen LogP contribution in [-0.2, 0) is 5.41 Å². The van der Waals surface area contributed by atoms with Crippen molar-refractivity contribution >= 4 is 43.7 Å². The van der Waals surface area contributed by atoms with Crippen LogP contribution in [0.25, 0.3) is 60.6 Å². The van der Waals surface area contributed by atoms with Gasteiger partial charge in [0.1, 0.15) is 11.2 Å². The second kappa shape index (κ2) is 9.07. The first-order chi connectivity index (χ1) is 22.3. The number of aromatic nitrogens is 1. The van der Waals surface area contributed by atoms with E-state index in [0.29, 0.717) is 0 Å². The van der Waals surface area contributed by atoms with Crippen LogP contribution in [0.2, 0.25) is 0 Å². The van der Waals surface area contributed by atoms with Crippen molar-refractivity contribution in [2.45, 2.75) is 5.41 Å². The Morgan fingerprint density at radius 1 is 0.422 bits per heavy atom. The minimum absolute atomic E-state index is 0.524. The summed E-state index contributed by atoms with van der Waals surface area (Å²) < 4.78 is 8.65. The maximum atomic E-state index is 6.16. The Morgan fingerprint density at radius 2 is 1.09 bits per heavy atom. The summed E-state index contributed by atoms with van der Waals surface area (Å²) in [4.78, 5) is 0. The van der Waals surface area contributed by atoms with Crippen LogP contribution in [-0.4, -0.2) is 4.57 Å². The van der Waals surface area contributed by atoms with Gasteiger partial charge in [0.2, 0.25) is 0 Å². The highest BCUT2D eigenvalue weighted by Crippen LogP contribution is 2.54. The highest BCUT2D eigenvalue weighted by molar-refractivity contribution is 6.12. The van der Waals surface area contributed by atoms with E-state index in [1.165, 1.54) is 60.9 Å². The predicted octanol–water partition coefficient (Wildman–Crippen LogP) is 11.0. The summed E-state index contributed by atoms with van der Waals surface area (Å²) in [6.07, 6.45) is 0. The number of para-hydroxylation sites is 4. The maximum Gasteiger partial charge on any atom is 0.135 e. The van der Waals surface area contributed by atoms with Gasteiger partial charge in [-0.2, -0.15) is 0 Å². The van der Waals surface area contributed by atoms with Crippen molar-refractivity contribution in [1.29, 1.82) is 0 Å². The fraction of sp³-hybridized carbons (Fsp3) is 0.0233. The molecule has 210 valence electrons. The summed E-state index contributed by atoms with van der Waals surface area (Å²) in [5.74, 6) is 0. The van der Waals surface area contributed by atoms with Crippen molar-refractivity contribution in [1.82, 2.24) is 4.57 Å². The zero-order chi connectivity index (χ0) is 29.5. The molecule has 2 heteroatoms. The van der Waals surface area contributed by atoms with Crippen LogP contribution in [0, 0.1) is 0 Å². The number of nitrogens with zero attached hydrogens (tertiary/aromatic N) is 1. The molecular formula is C43H27NO. The van der Waals surface area contributed by atoms with Crippen LogP contribution >= 0.6 is 0 Å². The molecule has 0 fully saturated rings. The van der Waals surface area contributed by atoms with E-state index < -0.39 is 5.41 Å². The first-order valence-corrected chi connectivity index (χ1v) is 15.5. The number of fused-ring (bicyclic) bond motifs is 8. The van der Waals surface area contributed by atoms with Gasteiger partial charge in [-0.3, -0.25) is 0 Å². The molecule has 2 aromatic heterocycles. The van der Waals surface area contributed by atoms with Crippen molar-refractivity contribution in [2.24, 2.45) is 0 Å². The molecule has 7 aromatic carbocycles. The summed E-state index contributed by atoms with van der Waals surface area (Å²) in [5, 5.41) is 4.85. The Bertz CT molecular complexity index is 2600. The zero-order valence-electron chi connectivity index (χ0n) is 24.4. The molecule has 0 radical (unpaired) electrons. The van der Waals surface area contributed by atoms with Gasteiger partial charge in [-0.1, -0.05) is 127 Å². The molecule has 0 bridgehead atoms. The molecular weight excluding hydrogens is 546 g/mol.